The third-order valence-corrected chi connectivity index (χ3v) is 2.49. The number of carbonyl (C=O) groups excluding carboxylic acids is 1. The fraction of sp³-hybridized carbons (Fsp3) is 0.250. The molecule has 0 bridgehead atoms. The van der Waals surface area contributed by atoms with Crippen LogP contribution in [0, 0.1) is 12.3 Å². The highest BCUT2D eigenvalue weighted by molar-refractivity contribution is 6.35. The Balaban J connectivity index is 3.09. The van der Waals surface area contributed by atoms with Crippen LogP contribution in [0.15, 0.2) is 18.2 Å². The van der Waals surface area contributed by atoms with Gasteiger partial charge in [-0.05, 0) is 25.1 Å². The minimum Gasteiger partial charge on any atom is -0.449 e. The van der Waals surface area contributed by atoms with Crippen LogP contribution in [0.5, 0.6) is 0 Å². The summed E-state index contributed by atoms with van der Waals surface area (Å²) >= 11 is 11.8. The SMILES string of the molecule is C#CCN(C(=O)OCC)c1cc(Cl)ccc1Cl. The van der Waals surface area contributed by atoms with Gasteiger partial charge < -0.3 is 4.74 Å². The van der Waals surface area contributed by atoms with E-state index in [-0.39, 0.29) is 13.2 Å². The van der Waals surface area contributed by atoms with Crippen LogP contribution >= 0.6 is 23.2 Å². The van der Waals surface area contributed by atoms with Crippen molar-refractivity contribution in [3.63, 3.8) is 0 Å². The average molecular weight is 272 g/mol. The second kappa shape index (κ2) is 6.39. The Morgan fingerprint density at radius 2 is 2.24 bits per heavy atom. The number of benzene rings is 1. The molecule has 1 rings (SSSR count). The quantitative estimate of drug-likeness (QED) is 0.787. The Bertz CT molecular complexity index is 454. The van der Waals surface area contributed by atoms with Crippen molar-refractivity contribution >= 4 is 35.0 Å². The number of hydrogen-bond acceptors (Lipinski definition) is 2. The highest BCUT2D eigenvalue weighted by atomic mass is 35.5. The Kier molecular flexibility index (Phi) is 5.14. The number of ether oxygens (including phenoxy) is 1. The molecule has 0 atom stereocenters. The van der Waals surface area contributed by atoms with Crippen LogP contribution in [0.2, 0.25) is 10.0 Å². The lowest BCUT2D eigenvalue weighted by atomic mass is 10.3. The Morgan fingerprint density at radius 3 is 2.82 bits per heavy atom. The molecule has 0 aliphatic heterocycles. The molecule has 0 radical (unpaired) electrons. The van der Waals surface area contributed by atoms with Gasteiger partial charge in [0.15, 0.2) is 0 Å². The number of nitrogens with zero attached hydrogens (tertiary/aromatic N) is 1. The molecule has 0 saturated carbocycles. The van der Waals surface area contributed by atoms with Crippen LogP contribution < -0.4 is 4.90 Å². The van der Waals surface area contributed by atoms with E-state index in [4.69, 9.17) is 34.4 Å². The largest absolute Gasteiger partial charge is 0.449 e. The van der Waals surface area contributed by atoms with Crippen molar-refractivity contribution in [3.05, 3.63) is 28.2 Å². The summed E-state index contributed by atoms with van der Waals surface area (Å²) in [5.41, 5.74) is 0.440. The molecule has 1 aromatic rings. The van der Waals surface area contributed by atoms with Crippen LogP contribution in [0.25, 0.3) is 0 Å². The number of carbonyl (C=O) groups is 1. The molecule has 17 heavy (non-hydrogen) atoms. The summed E-state index contributed by atoms with van der Waals surface area (Å²) in [6, 6.07) is 4.80. The van der Waals surface area contributed by atoms with E-state index in [0.717, 1.165) is 0 Å². The van der Waals surface area contributed by atoms with Crippen molar-refractivity contribution in [2.75, 3.05) is 18.1 Å². The molecular formula is C12H11Cl2NO2. The summed E-state index contributed by atoms with van der Waals surface area (Å²) in [5, 5.41) is 0.855. The van der Waals surface area contributed by atoms with Gasteiger partial charge >= 0.3 is 6.09 Å². The van der Waals surface area contributed by atoms with Crippen molar-refractivity contribution in [1.82, 2.24) is 0 Å². The molecular weight excluding hydrogens is 261 g/mol. The van der Waals surface area contributed by atoms with Gasteiger partial charge in [0.1, 0.15) is 0 Å². The summed E-state index contributed by atoms with van der Waals surface area (Å²) in [5.74, 6) is 2.38. The number of anilines is 1. The smallest absolute Gasteiger partial charge is 0.415 e. The summed E-state index contributed by atoms with van der Waals surface area (Å²) in [6.45, 7) is 2.04. The molecule has 0 spiro atoms. The fourth-order valence-corrected chi connectivity index (χ4v) is 1.62. The lowest BCUT2D eigenvalue weighted by molar-refractivity contribution is 0.160. The standard InChI is InChI=1S/C12H11Cl2NO2/c1-3-7-15(12(16)17-4-2)11-8-9(13)5-6-10(11)14/h1,5-6,8H,4,7H2,2H3. The Labute approximate surface area is 110 Å². The van der Waals surface area contributed by atoms with Gasteiger partial charge in [-0.25, -0.2) is 4.79 Å². The molecule has 0 N–H and O–H groups in total. The van der Waals surface area contributed by atoms with E-state index in [2.05, 4.69) is 5.92 Å². The Morgan fingerprint density at radius 1 is 1.53 bits per heavy atom. The average Bonchev–Trinajstić information content (AvgIpc) is 2.30. The summed E-state index contributed by atoms with van der Waals surface area (Å²) in [6.07, 6.45) is 4.67. The van der Waals surface area contributed by atoms with E-state index < -0.39 is 6.09 Å². The first-order chi connectivity index (χ1) is 8.10. The van der Waals surface area contributed by atoms with Crippen LogP contribution in [0.1, 0.15) is 6.92 Å². The number of hydrogen-bond donors (Lipinski definition) is 0. The van der Waals surface area contributed by atoms with Crippen LogP contribution in [-0.2, 0) is 4.74 Å². The summed E-state index contributed by atoms with van der Waals surface area (Å²) < 4.78 is 4.90. The highest BCUT2D eigenvalue weighted by Crippen LogP contribution is 2.29. The van der Waals surface area contributed by atoms with Crippen molar-refractivity contribution in [2.45, 2.75) is 6.92 Å². The van der Waals surface area contributed by atoms with Crippen LogP contribution in [-0.4, -0.2) is 19.2 Å². The van der Waals surface area contributed by atoms with Gasteiger partial charge in [0.05, 0.1) is 23.9 Å². The van der Waals surface area contributed by atoms with Crippen molar-refractivity contribution in [1.29, 1.82) is 0 Å². The molecule has 5 heteroatoms. The lowest BCUT2D eigenvalue weighted by Crippen LogP contribution is -2.32. The first kappa shape index (κ1) is 13.7. The predicted octanol–water partition coefficient (Wildman–Crippen LogP) is 3.59. The van der Waals surface area contributed by atoms with E-state index in [1.807, 2.05) is 0 Å². The van der Waals surface area contributed by atoms with Gasteiger partial charge in [-0.2, -0.15) is 0 Å². The Hall–Kier alpha value is -1.37. The van der Waals surface area contributed by atoms with E-state index in [1.54, 1.807) is 25.1 Å². The minimum absolute atomic E-state index is 0.0683. The molecule has 1 amide bonds. The van der Waals surface area contributed by atoms with E-state index in [9.17, 15) is 4.79 Å². The monoisotopic (exact) mass is 271 g/mol. The van der Waals surface area contributed by atoms with Crippen molar-refractivity contribution < 1.29 is 9.53 Å². The van der Waals surface area contributed by atoms with Gasteiger partial charge in [-0.3, -0.25) is 4.90 Å². The molecule has 0 aliphatic carbocycles. The second-order valence-electron chi connectivity index (χ2n) is 3.08. The van der Waals surface area contributed by atoms with Gasteiger partial charge in [-0.15, -0.1) is 6.42 Å². The number of terminal acetylenes is 1. The first-order valence-electron chi connectivity index (χ1n) is 4.93. The zero-order valence-electron chi connectivity index (χ0n) is 9.24. The third kappa shape index (κ3) is 3.55. The topological polar surface area (TPSA) is 29.5 Å². The zero-order valence-corrected chi connectivity index (χ0v) is 10.8. The van der Waals surface area contributed by atoms with E-state index in [1.165, 1.54) is 4.90 Å². The highest BCUT2D eigenvalue weighted by Gasteiger charge is 2.18. The van der Waals surface area contributed by atoms with Crippen molar-refractivity contribution in [3.8, 4) is 12.3 Å². The molecule has 0 saturated heterocycles. The van der Waals surface area contributed by atoms with E-state index in [0.29, 0.717) is 15.7 Å². The van der Waals surface area contributed by atoms with Gasteiger partial charge in [0, 0.05) is 5.02 Å². The predicted molar refractivity (Wildman–Crippen MR) is 69.7 cm³/mol. The normalized spacial score (nSPS) is 9.53. The molecule has 0 aromatic heterocycles. The second-order valence-corrected chi connectivity index (χ2v) is 3.93. The van der Waals surface area contributed by atoms with Crippen molar-refractivity contribution in [2.24, 2.45) is 0 Å². The lowest BCUT2D eigenvalue weighted by Gasteiger charge is -2.20. The maximum Gasteiger partial charge on any atom is 0.415 e. The first-order valence-corrected chi connectivity index (χ1v) is 5.68. The number of amides is 1. The summed E-state index contributed by atoms with van der Waals surface area (Å²) in [4.78, 5) is 13.0. The van der Waals surface area contributed by atoms with E-state index >= 15 is 0 Å². The van der Waals surface area contributed by atoms with Crippen LogP contribution in [0.3, 0.4) is 0 Å². The van der Waals surface area contributed by atoms with Gasteiger partial charge in [-0.1, -0.05) is 29.1 Å². The molecule has 90 valence electrons. The van der Waals surface area contributed by atoms with Gasteiger partial charge in [0.2, 0.25) is 0 Å². The molecule has 0 heterocycles. The molecule has 3 nitrogen and oxygen atoms in total. The zero-order chi connectivity index (χ0) is 12.8. The number of halogens is 2. The van der Waals surface area contributed by atoms with Gasteiger partial charge in [0.25, 0.3) is 0 Å². The molecule has 0 aliphatic rings. The minimum atomic E-state index is -0.547. The molecule has 0 unspecified atom stereocenters. The van der Waals surface area contributed by atoms with Crippen LogP contribution in [0.4, 0.5) is 10.5 Å². The maximum absolute atomic E-state index is 11.7. The fourth-order valence-electron chi connectivity index (χ4n) is 1.23. The molecule has 1 aromatic carbocycles. The maximum atomic E-state index is 11.7. The molecule has 0 fully saturated rings. The number of rotatable bonds is 3. The third-order valence-electron chi connectivity index (χ3n) is 1.94. The summed E-state index contributed by atoms with van der Waals surface area (Å²) in [7, 11) is 0.